The van der Waals surface area contributed by atoms with Gasteiger partial charge >= 0.3 is 5.97 Å². The molecule has 59 heavy (non-hydrogen) atoms. The molecule has 2 amide bonds. The van der Waals surface area contributed by atoms with Crippen LogP contribution in [0.15, 0.2) is 35.8 Å². The molecule has 1 saturated carbocycles. The van der Waals surface area contributed by atoms with Gasteiger partial charge in [-0.3, -0.25) is 19.6 Å². The Kier molecular flexibility index (Phi) is 11.1. The topological polar surface area (TPSA) is 154 Å². The number of ether oxygens (including phenoxy) is 2. The second-order valence-corrected chi connectivity index (χ2v) is 19.0. The number of methoxy groups -OCH3 is 1. The lowest BCUT2D eigenvalue weighted by atomic mass is 9.84. The van der Waals surface area contributed by atoms with Crippen LogP contribution in [0.5, 0.6) is 0 Å². The van der Waals surface area contributed by atoms with Crippen LogP contribution in [0.3, 0.4) is 0 Å². The Morgan fingerprint density at radius 3 is 2.66 bits per heavy atom. The van der Waals surface area contributed by atoms with E-state index in [1.165, 1.54) is 16.3 Å². The number of hydrogen-bond donors (Lipinski definition) is 3. The predicted molar refractivity (Wildman–Crippen MR) is 227 cm³/mol. The normalized spacial score (nSPS) is 27.0. The van der Waals surface area contributed by atoms with E-state index in [9.17, 15) is 19.5 Å². The van der Waals surface area contributed by atoms with Gasteiger partial charge in [-0.1, -0.05) is 26.8 Å². The van der Waals surface area contributed by atoms with Crippen LogP contribution in [0.2, 0.25) is 0 Å². The van der Waals surface area contributed by atoms with Crippen LogP contribution in [0.1, 0.15) is 76.3 Å². The Morgan fingerprint density at radius 2 is 1.93 bits per heavy atom. The Hall–Kier alpha value is -4.41. The van der Waals surface area contributed by atoms with E-state index in [0.29, 0.717) is 23.9 Å². The third kappa shape index (κ3) is 8.11. The molecule has 14 nitrogen and oxygen atoms in total. The number of esters is 1. The molecule has 0 radical (unpaired) electrons. The van der Waals surface area contributed by atoms with Crippen molar-refractivity contribution in [1.82, 2.24) is 35.2 Å². The zero-order valence-corrected chi connectivity index (χ0v) is 36.3. The van der Waals surface area contributed by atoms with E-state index in [1.807, 2.05) is 25.4 Å². The van der Waals surface area contributed by atoms with E-state index in [1.54, 1.807) is 7.11 Å². The maximum atomic E-state index is 14.1. The number of aromatic nitrogens is 3. The van der Waals surface area contributed by atoms with E-state index in [-0.39, 0.29) is 49.8 Å². The van der Waals surface area contributed by atoms with Gasteiger partial charge in [-0.05, 0) is 69.8 Å². The molecular formula is C44H58N8O6S. The summed E-state index contributed by atoms with van der Waals surface area (Å²) in [6, 6.07) is 8.07. The van der Waals surface area contributed by atoms with E-state index in [0.717, 1.165) is 76.4 Å². The van der Waals surface area contributed by atoms with Crippen molar-refractivity contribution in [2.75, 3.05) is 51.8 Å². The smallest absolute Gasteiger partial charge is 0.355 e. The van der Waals surface area contributed by atoms with E-state index >= 15 is 0 Å². The molecule has 8 rings (SSSR count). The van der Waals surface area contributed by atoms with Gasteiger partial charge in [0.15, 0.2) is 0 Å². The van der Waals surface area contributed by atoms with Crippen LogP contribution in [0, 0.1) is 17.3 Å². The van der Waals surface area contributed by atoms with Crippen molar-refractivity contribution >= 4 is 45.7 Å². The number of cyclic esters (lactones) is 1. The van der Waals surface area contributed by atoms with Gasteiger partial charge in [0.2, 0.25) is 11.6 Å². The molecule has 6 atom stereocenters. The number of nitrogens with zero attached hydrogens (tertiary/aromatic N) is 6. The second-order valence-electron chi connectivity index (χ2n) is 18.1. The first kappa shape index (κ1) is 41.3. The first-order valence-corrected chi connectivity index (χ1v) is 21.8. The van der Waals surface area contributed by atoms with Crippen molar-refractivity contribution in [3.8, 4) is 22.5 Å². The highest BCUT2D eigenvalue weighted by molar-refractivity contribution is 7.10. The molecule has 3 N–H and O–H groups in total. The minimum Gasteiger partial charge on any atom is -0.462 e. The number of nitrogens with one attached hydrogen (secondary N) is 2. The second kappa shape index (κ2) is 15.9. The SMILES string of the molecule is CO[C@@H](C)c1ncc(N2CCN(C)[C@H](C)C2)cc1-c1c2c3cc(ccc3n1C)-c1csc(n1)C[C@H](NC(=O)[C@H]1C[C@@H]1C)C(=O)N1CCC[C@@](O)(N1)C(=O)OCC(C)(C)C2. The molecule has 3 aliphatic heterocycles. The molecule has 3 aromatic heterocycles. The van der Waals surface area contributed by atoms with E-state index < -0.39 is 29.1 Å². The number of hydrazine groups is 1. The molecule has 6 heterocycles. The van der Waals surface area contributed by atoms with Crippen molar-refractivity contribution < 1.29 is 29.0 Å². The number of carbonyl (C=O) groups excluding carboxylic acids is 3. The maximum Gasteiger partial charge on any atom is 0.355 e. The monoisotopic (exact) mass is 826 g/mol. The highest BCUT2D eigenvalue weighted by atomic mass is 32.1. The zero-order valence-electron chi connectivity index (χ0n) is 35.5. The van der Waals surface area contributed by atoms with Gasteiger partial charge in [0.05, 0.1) is 46.7 Å². The predicted octanol–water partition coefficient (Wildman–Crippen LogP) is 4.84. The number of benzene rings is 1. The molecule has 3 fully saturated rings. The summed E-state index contributed by atoms with van der Waals surface area (Å²) in [6.45, 7) is 13.4. The van der Waals surface area contributed by atoms with Gasteiger partial charge in [0.1, 0.15) is 6.04 Å². The average Bonchev–Trinajstić information content (AvgIpc) is 3.66. The molecule has 316 valence electrons. The molecule has 0 spiro atoms. The number of fused-ring (bicyclic) bond motifs is 6. The van der Waals surface area contributed by atoms with Crippen molar-refractivity contribution in [1.29, 1.82) is 0 Å². The maximum absolute atomic E-state index is 14.1. The van der Waals surface area contributed by atoms with Crippen LogP contribution in [0.4, 0.5) is 5.69 Å². The number of thiazole rings is 1. The highest BCUT2D eigenvalue weighted by Gasteiger charge is 2.46. The van der Waals surface area contributed by atoms with Gasteiger partial charge in [-0.2, -0.15) is 5.43 Å². The Labute approximate surface area is 350 Å². The Bertz CT molecular complexity index is 2270. The minimum atomic E-state index is -2.12. The number of pyridine rings is 1. The van der Waals surface area contributed by atoms with Crippen LogP contribution in [-0.4, -0.2) is 112 Å². The number of hydrogen-bond acceptors (Lipinski definition) is 12. The molecule has 15 heteroatoms. The standard InChI is InChI=1S/C44H58N8O6S/c1-25-16-30(25)40(53)47-34-19-37-46-35(23-59-37)28-10-11-36-31(17-28)33(20-43(4,5)24-58-42(55)44(56)12-9-13-52(48-44)41(34)54)39(50(36)7)32-18-29(21-45-38(32)27(3)57-8)51-15-14-49(6)26(2)22-51/h10-11,17-18,21,23,25-27,30,34,48,56H,9,12-16,19-20,22,24H2,1-8H3,(H,47,53)/t25-,26+,27-,30-,34-,44-/m0/s1. The van der Waals surface area contributed by atoms with Crippen LogP contribution >= 0.6 is 11.3 Å². The molecule has 2 saturated heterocycles. The number of piperazine rings is 1. The molecule has 0 unspecified atom stereocenters. The van der Waals surface area contributed by atoms with Crippen molar-refractivity contribution in [2.45, 2.75) is 90.6 Å². The molecule has 6 bridgehead atoms. The number of amides is 2. The number of likely N-dealkylation sites (N-methyl/N-ethyl adjacent to an activating group) is 1. The summed E-state index contributed by atoms with van der Waals surface area (Å²) in [5, 5.41) is 19.7. The molecule has 1 aliphatic carbocycles. The summed E-state index contributed by atoms with van der Waals surface area (Å²) in [5.41, 5.74) is 7.73. The zero-order chi connectivity index (χ0) is 42.0. The Morgan fingerprint density at radius 1 is 1.15 bits per heavy atom. The third-order valence-corrected chi connectivity index (χ3v) is 13.8. The summed E-state index contributed by atoms with van der Waals surface area (Å²) in [4.78, 5) is 56.1. The number of aliphatic hydroxyl groups is 1. The first-order chi connectivity index (χ1) is 28.1. The molecule has 4 aromatic rings. The number of anilines is 1. The lowest BCUT2D eigenvalue weighted by Gasteiger charge is -2.40. The fraction of sp³-hybridized carbons (Fsp3) is 0.568. The molecule has 1 aromatic carbocycles. The summed E-state index contributed by atoms with van der Waals surface area (Å²) in [5.74, 6) is -1.37. The van der Waals surface area contributed by atoms with Crippen molar-refractivity contribution in [2.24, 2.45) is 24.3 Å². The minimum absolute atomic E-state index is 0.00575. The summed E-state index contributed by atoms with van der Waals surface area (Å²) < 4.78 is 14.1. The quantitative estimate of drug-likeness (QED) is 0.229. The number of carbonyl (C=O) groups is 3. The highest BCUT2D eigenvalue weighted by Crippen LogP contribution is 2.43. The van der Waals surface area contributed by atoms with Crippen molar-refractivity contribution in [3.63, 3.8) is 0 Å². The number of rotatable bonds is 6. The lowest BCUT2D eigenvalue weighted by Crippen LogP contribution is -2.67. The summed E-state index contributed by atoms with van der Waals surface area (Å²) in [7, 11) is 5.95. The van der Waals surface area contributed by atoms with Gasteiger partial charge in [-0.25, -0.2) is 9.78 Å². The largest absolute Gasteiger partial charge is 0.462 e. The molecule has 4 aliphatic rings. The fourth-order valence-electron chi connectivity index (χ4n) is 8.86. The van der Waals surface area contributed by atoms with Crippen LogP contribution < -0.4 is 15.6 Å². The van der Waals surface area contributed by atoms with E-state index in [2.05, 4.69) is 84.2 Å². The van der Waals surface area contributed by atoms with E-state index in [4.69, 9.17) is 19.4 Å². The average molecular weight is 827 g/mol. The van der Waals surface area contributed by atoms with Crippen LogP contribution in [-0.2, 0) is 43.7 Å². The number of aryl methyl sites for hydroxylation is 1. The van der Waals surface area contributed by atoms with Gasteiger partial charge in [-0.15, -0.1) is 11.3 Å². The Balaban J connectivity index is 1.26. The summed E-state index contributed by atoms with van der Waals surface area (Å²) in [6.07, 6.45) is 3.55. The molecular weight excluding hydrogens is 769 g/mol. The van der Waals surface area contributed by atoms with Gasteiger partial charge in [0, 0.05) is 98.0 Å². The third-order valence-electron chi connectivity index (χ3n) is 12.9. The van der Waals surface area contributed by atoms with Crippen LogP contribution in [0.25, 0.3) is 33.4 Å². The fourth-order valence-corrected chi connectivity index (χ4v) is 9.72. The van der Waals surface area contributed by atoms with Gasteiger partial charge in [0.25, 0.3) is 5.91 Å². The lowest BCUT2D eigenvalue weighted by molar-refractivity contribution is -0.189. The van der Waals surface area contributed by atoms with Gasteiger partial charge < -0.3 is 34.3 Å². The first-order valence-electron chi connectivity index (χ1n) is 20.9. The summed E-state index contributed by atoms with van der Waals surface area (Å²) >= 11 is 1.44. The van der Waals surface area contributed by atoms with Crippen molar-refractivity contribution in [3.05, 3.63) is 52.1 Å².